The third-order valence-electron chi connectivity index (χ3n) is 9.06. The summed E-state index contributed by atoms with van der Waals surface area (Å²) < 4.78 is 107. The van der Waals surface area contributed by atoms with Crippen molar-refractivity contribution in [2.45, 2.75) is 4.90 Å². The van der Waals surface area contributed by atoms with E-state index in [9.17, 15) is 53.6 Å². The van der Waals surface area contributed by atoms with E-state index in [-0.39, 0.29) is 145 Å². The number of aromatic hydroxyl groups is 1. The number of hydrazone groups is 2. The Morgan fingerprint density at radius 2 is 1.16 bits per heavy atom. The van der Waals surface area contributed by atoms with Crippen molar-refractivity contribution in [1.29, 1.82) is 0 Å². The van der Waals surface area contributed by atoms with Crippen molar-refractivity contribution in [3.05, 3.63) is 135 Å². The van der Waals surface area contributed by atoms with E-state index in [1.807, 2.05) is 30.3 Å². The number of methoxy groups -OCH3 is 1. The second-order valence-electron chi connectivity index (χ2n) is 12.9. The molecule has 5 aromatic rings. The van der Waals surface area contributed by atoms with Crippen LogP contribution in [0.1, 0.15) is 27.0 Å². The van der Waals surface area contributed by atoms with E-state index in [1.54, 1.807) is 12.1 Å². The molecule has 64 heavy (non-hydrogen) atoms. The number of nitrogens with one attached hydrogen (secondary N) is 3. The van der Waals surface area contributed by atoms with Gasteiger partial charge in [0, 0.05) is 39.6 Å². The number of phenolic OH excluding ortho intramolecular Hbond substituents is 1. The molecular weight excluding hydrogens is 975 g/mol. The maximum Gasteiger partial charge on any atom is 1.00 e. The number of rotatable bonds is 11. The summed E-state index contributed by atoms with van der Waals surface area (Å²) >= 11 is 0. The minimum atomic E-state index is -5.11. The van der Waals surface area contributed by atoms with Crippen LogP contribution in [0.4, 0.5) is 22.7 Å². The Morgan fingerprint density at radius 3 is 1.77 bits per heavy atom. The maximum atomic E-state index is 13.7. The molecule has 0 saturated carbocycles. The molecule has 0 atom stereocenters. The predicted octanol–water partition coefficient (Wildman–Crippen LogP) is -3.41. The number of carbonyl (C=O) groups is 2. The smallest absolute Gasteiger partial charge is 0.506 e. The molecule has 7 rings (SSSR count). The normalized spacial score (nSPS) is 14.5. The summed E-state index contributed by atoms with van der Waals surface area (Å²) in [4.78, 5) is 24.3. The van der Waals surface area contributed by atoms with Crippen LogP contribution in [0.2, 0.25) is 0 Å². The number of anilines is 4. The molecule has 25 heteroatoms. The van der Waals surface area contributed by atoms with Gasteiger partial charge in [-0.25, -0.2) is 0 Å². The third-order valence-corrected chi connectivity index (χ3v) is 11.6. The van der Waals surface area contributed by atoms with Gasteiger partial charge in [-0.2, -0.15) is 35.5 Å². The third kappa shape index (κ3) is 12.1. The molecule has 0 aromatic heterocycles. The molecule has 317 valence electrons. The quantitative estimate of drug-likeness (QED) is 0.0294. The molecule has 0 saturated heterocycles. The molecule has 0 fully saturated rings. The minimum Gasteiger partial charge on any atom is -0.506 e. The van der Waals surface area contributed by atoms with E-state index in [1.165, 1.54) is 49.6 Å². The first-order valence-corrected chi connectivity index (χ1v) is 21.4. The van der Waals surface area contributed by atoms with Crippen molar-refractivity contribution in [2.24, 2.45) is 10.2 Å². The Hall–Kier alpha value is -3.49. The summed E-state index contributed by atoms with van der Waals surface area (Å²) in [6, 6.07) is 25.6. The van der Waals surface area contributed by atoms with Crippen LogP contribution < -0.4 is 110 Å². The van der Waals surface area contributed by atoms with Gasteiger partial charge in [0.2, 0.25) is 11.6 Å². The number of carbonyl (C=O) groups excluding carboxylic acids is 2. The number of nitrogens with zero attached hydrogens (tertiary/aromatic N) is 2. The van der Waals surface area contributed by atoms with Crippen LogP contribution >= 0.6 is 0 Å². The number of para-hydroxylation sites is 1. The number of allylic oxidation sites excluding steroid dienone is 2. The molecule has 0 amide bonds. The van der Waals surface area contributed by atoms with E-state index in [4.69, 9.17) is 4.74 Å². The predicted molar refractivity (Wildman–Crippen MR) is 222 cm³/mol. The SMILES string of the molecule is COc1cc(-c2ccc(NN=C3C(=O)C(S(=O)(=O)O)=Cc4cc(S(=O)(=O)O)ccc43)c(O)c2)ccc1NN=C1C(=O)c2cc(Nc3ccccc3)ccc2C=C1S(=O)(=O)O.[Cu].[Na+].[Na+].[Na+]. The molecule has 0 spiro atoms. The van der Waals surface area contributed by atoms with Crippen molar-refractivity contribution in [3.8, 4) is 22.6 Å². The van der Waals surface area contributed by atoms with E-state index in [0.29, 0.717) is 16.8 Å². The molecule has 5 aromatic carbocycles. The summed E-state index contributed by atoms with van der Waals surface area (Å²) in [5.41, 5.74) is 6.41. The van der Waals surface area contributed by atoms with E-state index in [2.05, 4.69) is 26.4 Å². The van der Waals surface area contributed by atoms with Gasteiger partial charge in [0.15, 0.2) is 5.71 Å². The second-order valence-corrected chi connectivity index (χ2v) is 17.1. The molecule has 1 radical (unpaired) electrons. The van der Waals surface area contributed by atoms with Crippen molar-refractivity contribution in [2.75, 3.05) is 23.3 Å². The van der Waals surface area contributed by atoms with Crippen molar-refractivity contribution in [3.63, 3.8) is 0 Å². The van der Waals surface area contributed by atoms with Gasteiger partial charge in [0.1, 0.15) is 27.0 Å². The van der Waals surface area contributed by atoms with Gasteiger partial charge in [-0.15, -0.1) is 0 Å². The number of phenols is 1. The van der Waals surface area contributed by atoms with Crippen molar-refractivity contribution < 1.29 is 164 Å². The number of ether oxygens (including phenoxy) is 1. The average molecular weight is 1000 g/mol. The zero-order valence-corrected chi connectivity index (χ0v) is 43.2. The summed E-state index contributed by atoms with van der Waals surface area (Å²) in [6.45, 7) is 0. The topological polar surface area (TPSA) is 288 Å². The minimum absolute atomic E-state index is 0. The first kappa shape index (κ1) is 54.8. The number of Topliss-reactive ketones (excluding diaryl/α,β-unsaturated/α-hetero) is 2. The van der Waals surface area contributed by atoms with Crippen LogP contribution in [0, 0.1) is 0 Å². The summed E-state index contributed by atoms with van der Waals surface area (Å²) in [6.07, 6.45) is 1.87. The van der Waals surface area contributed by atoms with Gasteiger partial charge in [-0.05, 0) is 95.1 Å². The van der Waals surface area contributed by atoms with Crippen LogP contribution in [0.25, 0.3) is 23.3 Å². The molecule has 0 heterocycles. The molecule has 0 bridgehead atoms. The largest absolute Gasteiger partial charge is 1.00 e. The standard InChI is InChI=1S/C39H29N5O13S3.Cu.3Na/c1-57-33-17-22(9-14-31(33)42-44-37-34(59(51,52)53)18-23-7-10-26(20-29(23)38(37)46)40-25-5-3-2-4-6-25)21-8-13-30(32(45)16-21)41-43-36-28-12-11-27(58(48,49)50)15-24(28)19-35(39(36)47)60(54,55)56;;;;/h2-20,40-42,45H,1H3,(H,48,49,50)(H,51,52,53)(H,54,55,56);;;;/q;;3*+1. The fourth-order valence-corrected chi connectivity index (χ4v) is 7.96. The van der Waals surface area contributed by atoms with Crippen LogP contribution in [-0.4, -0.2) is 74.1 Å². The first-order valence-electron chi connectivity index (χ1n) is 17.1. The number of benzene rings is 5. The van der Waals surface area contributed by atoms with Crippen LogP contribution in [-0.2, 0) is 52.2 Å². The number of hydrogen-bond donors (Lipinski definition) is 7. The summed E-state index contributed by atoms with van der Waals surface area (Å²) in [5, 5.41) is 22.1. The zero-order chi connectivity index (χ0) is 43.1. The van der Waals surface area contributed by atoms with Gasteiger partial charge in [0.05, 0.1) is 23.4 Å². The Balaban J connectivity index is 0.00000272. The van der Waals surface area contributed by atoms with E-state index < -0.39 is 73.8 Å². The second kappa shape index (κ2) is 21.9. The Morgan fingerprint density at radius 1 is 0.562 bits per heavy atom. The molecule has 2 aliphatic rings. The fraction of sp³-hybridized carbons (Fsp3) is 0.0256. The Kier molecular flexibility index (Phi) is 18.7. The number of ketones is 2. The molecule has 2 aliphatic carbocycles. The maximum absolute atomic E-state index is 13.7. The summed E-state index contributed by atoms with van der Waals surface area (Å²) in [5.74, 6) is -2.27. The summed E-state index contributed by atoms with van der Waals surface area (Å²) in [7, 11) is -13.4. The molecule has 7 N–H and O–H groups in total. The van der Waals surface area contributed by atoms with Gasteiger partial charge in [-0.3, -0.25) is 34.1 Å². The fourth-order valence-electron chi connectivity index (χ4n) is 6.18. The van der Waals surface area contributed by atoms with Crippen LogP contribution in [0.15, 0.2) is 128 Å². The average Bonchev–Trinajstić information content (AvgIpc) is 3.19. The Labute approximate surface area is 443 Å². The van der Waals surface area contributed by atoms with Gasteiger partial charge in [-0.1, -0.05) is 42.5 Å². The number of hydrogen-bond acceptors (Lipinski definition) is 15. The molecule has 18 nitrogen and oxygen atoms in total. The van der Waals surface area contributed by atoms with Crippen LogP contribution in [0.5, 0.6) is 11.5 Å². The Bertz CT molecular complexity index is 3150. The molecular formula is C39H29CuN5Na3O13S3+3. The van der Waals surface area contributed by atoms with Crippen molar-refractivity contribution >= 4 is 88.2 Å². The van der Waals surface area contributed by atoms with Crippen LogP contribution in [0.3, 0.4) is 0 Å². The van der Waals surface area contributed by atoms with Crippen molar-refractivity contribution in [1.82, 2.24) is 0 Å². The first-order chi connectivity index (χ1) is 28.3. The number of fused-ring (bicyclic) bond motifs is 2. The van der Waals surface area contributed by atoms with E-state index in [0.717, 1.165) is 36.0 Å². The van der Waals surface area contributed by atoms with E-state index >= 15 is 0 Å². The molecule has 0 unspecified atom stereocenters. The van der Waals surface area contributed by atoms with Gasteiger partial charge < -0.3 is 15.2 Å². The molecule has 0 aliphatic heterocycles. The zero-order valence-electron chi connectivity index (χ0n) is 33.9. The van der Waals surface area contributed by atoms with Gasteiger partial charge in [0.25, 0.3) is 30.4 Å². The van der Waals surface area contributed by atoms with Gasteiger partial charge >= 0.3 is 88.7 Å². The monoisotopic (exact) mass is 1000 g/mol.